The quantitative estimate of drug-likeness (QED) is 0.257. The molecule has 3 heterocycles. The molecule has 1 aliphatic rings. The van der Waals surface area contributed by atoms with Gasteiger partial charge in [-0.25, -0.2) is 9.78 Å². The molecule has 1 N–H and O–H groups in total. The Morgan fingerprint density at radius 1 is 1.00 bits per heavy atom. The minimum absolute atomic E-state index is 0.0155. The van der Waals surface area contributed by atoms with Gasteiger partial charge in [-0.15, -0.1) is 0 Å². The highest BCUT2D eigenvalue weighted by atomic mass is 19.4. The summed E-state index contributed by atoms with van der Waals surface area (Å²) in [6.45, 7) is 7.78. The highest BCUT2D eigenvalue weighted by molar-refractivity contribution is 6.04. The highest BCUT2D eigenvalue weighted by Crippen LogP contribution is 2.33. The second-order valence-corrected chi connectivity index (χ2v) is 11.4. The molecule has 0 unspecified atom stereocenters. The van der Waals surface area contributed by atoms with Crippen LogP contribution in [0.5, 0.6) is 0 Å². The molecule has 0 saturated heterocycles. The van der Waals surface area contributed by atoms with Gasteiger partial charge < -0.3 is 14.6 Å². The van der Waals surface area contributed by atoms with E-state index in [4.69, 9.17) is 4.74 Å². The molecule has 0 saturated carbocycles. The Morgan fingerprint density at radius 3 is 2.48 bits per heavy atom. The highest BCUT2D eigenvalue weighted by Gasteiger charge is 2.32. The van der Waals surface area contributed by atoms with Crippen molar-refractivity contribution in [3.63, 3.8) is 0 Å². The molecule has 0 atom stereocenters. The first kappa shape index (κ1) is 30.4. The second kappa shape index (κ2) is 11.9. The van der Waals surface area contributed by atoms with Gasteiger partial charge in [-0.05, 0) is 82.0 Å². The molecule has 2 amide bonds. The Hall–Kier alpha value is -5.11. The third-order valence-corrected chi connectivity index (χ3v) is 6.89. The van der Waals surface area contributed by atoms with Crippen molar-refractivity contribution in [1.82, 2.24) is 14.5 Å². The number of rotatable bonds is 3. The van der Waals surface area contributed by atoms with Gasteiger partial charge in [0.15, 0.2) is 0 Å². The molecule has 8 nitrogen and oxygen atoms in total. The van der Waals surface area contributed by atoms with Crippen LogP contribution < -0.4 is 10.2 Å². The Balaban J connectivity index is 1.41. The number of ether oxygens (including phenoxy) is 1. The standard InChI is InChI=1S/C33H30F3N5O3/c1-21-7-8-23(30(42)39-26-15-25(33(34,35)36)16-27(17-26)40-13-11-37-20-40)14-22(21)9-10-24-18-38-19-29-28(24)6-5-12-41(29)31(43)44-32(2,3)4/h7-8,11,13-20H,5-6,12H2,1-4H3,(H,39,42). The summed E-state index contributed by atoms with van der Waals surface area (Å²) in [6.07, 6.45) is 3.99. The smallest absolute Gasteiger partial charge is 0.416 e. The van der Waals surface area contributed by atoms with E-state index in [-0.39, 0.29) is 16.9 Å². The number of halogens is 3. The number of carbonyl (C=O) groups excluding carboxylic acids is 2. The van der Waals surface area contributed by atoms with Crippen LogP contribution in [0.1, 0.15) is 65.4 Å². The lowest BCUT2D eigenvalue weighted by Crippen LogP contribution is -2.40. The molecule has 0 bridgehead atoms. The van der Waals surface area contributed by atoms with Gasteiger partial charge in [-0.1, -0.05) is 17.9 Å². The number of nitrogens with zero attached hydrogens (tertiary/aromatic N) is 4. The zero-order valence-corrected chi connectivity index (χ0v) is 24.6. The first-order valence-corrected chi connectivity index (χ1v) is 13.9. The van der Waals surface area contributed by atoms with Crippen LogP contribution in [0.4, 0.5) is 29.3 Å². The van der Waals surface area contributed by atoms with Crippen molar-refractivity contribution in [2.24, 2.45) is 0 Å². The van der Waals surface area contributed by atoms with E-state index < -0.39 is 29.3 Å². The topological polar surface area (TPSA) is 89.4 Å². The van der Waals surface area contributed by atoms with E-state index in [9.17, 15) is 22.8 Å². The van der Waals surface area contributed by atoms with Crippen LogP contribution in [0.15, 0.2) is 67.5 Å². The molecule has 5 rings (SSSR count). The third-order valence-electron chi connectivity index (χ3n) is 6.89. The van der Waals surface area contributed by atoms with Crippen LogP contribution in [0.2, 0.25) is 0 Å². The maximum absolute atomic E-state index is 13.6. The van der Waals surface area contributed by atoms with Gasteiger partial charge in [0, 0.05) is 53.2 Å². The number of nitrogens with one attached hydrogen (secondary N) is 1. The lowest BCUT2D eigenvalue weighted by atomic mass is 9.98. The number of fused-ring (bicyclic) bond motifs is 1. The lowest BCUT2D eigenvalue weighted by Gasteiger charge is -2.31. The molecular weight excluding hydrogens is 571 g/mol. The maximum atomic E-state index is 13.6. The average Bonchev–Trinajstić information content (AvgIpc) is 3.50. The molecule has 44 heavy (non-hydrogen) atoms. The summed E-state index contributed by atoms with van der Waals surface area (Å²) >= 11 is 0. The van der Waals surface area contributed by atoms with Gasteiger partial charge in [-0.3, -0.25) is 14.7 Å². The molecule has 11 heteroatoms. The Labute approximate surface area is 252 Å². The minimum atomic E-state index is -4.61. The van der Waals surface area contributed by atoms with Crippen molar-refractivity contribution < 1.29 is 27.5 Å². The maximum Gasteiger partial charge on any atom is 0.416 e. The number of hydrogen-bond donors (Lipinski definition) is 1. The summed E-state index contributed by atoms with van der Waals surface area (Å²) < 4.78 is 47.9. The Morgan fingerprint density at radius 2 is 1.77 bits per heavy atom. The number of benzene rings is 2. The zero-order valence-electron chi connectivity index (χ0n) is 24.6. The molecule has 0 radical (unpaired) electrons. The number of amides is 2. The SMILES string of the molecule is Cc1ccc(C(=O)Nc2cc(-n3ccnc3)cc(C(F)(F)F)c2)cc1C#Cc1cncc2c1CCCN2C(=O)OC(C)(C)C. The largest absolute Gasteiger partial charge is 0.443 e. The van der Waals surface area contributed by atoms with Gasteiger partial charge in [0.25, 0.3) is 5.91 Å². The number of pyridine rings is 1. The van der Waals surface area contributed by atoms with E-state index in [2.05, 4.69) is 27.1 Å². The molecule has 2 aromatic carbocycles. The van der Waals surface area contributed by atoms with Crippen molar-refractivity contribution in [3.8, 4) is 17.5 Å². The first-order valence-electron chi connectivity index (χ1n) is 13.9. The van der Waals surface area contributed by atoms with Gasteiger partial charge in [0.1, 0.15) is 5.60 Å². The summed E-state index contributed by atoms with van der Waals surface area (Å²) in [7, 11) is 0. The molecule has 0 fully saturated rings. The Kier molecular flexibility index (Phi) is 8.19. The predicted molar refractivity (Wildman–Crippen MR) is 160 cm³/mol. The second-order valence-electron chi connectivity index (χ2n) is 11.4. The summed E-state index contributed by atoms with van der Waals surface area (Å²) in [4.78, 5) is 35.8. The molecular formula is C33H30F3N5O3. The monoisotopic (exact) mass is 601 g/mol. The molecule has 1 aliphatic heterocycles. The fourth-order valence-corrected chi connectivity index (χ4v) is 4.76. The predicted octanol–water partition coefficient (Wildman–Crippen LogP) is 6.93. The summed E-state index contributed by atoms with van der Waals surface area (Å²) in [5.74, 6) is 5.67. The summed E-state index contributed by atoms with van der Waals surface area (Å²) in [5.41, 5.74) is 2.44. The number of anilines is 2. The van der Waals surface area contributed by atoms with E-state index in [1.807, 2.05) is 27.7 Å². The normalized spacial score (nSPS) is 13.0. The van der Waals surface area contributed by atoms with E-state index in [0.717, 1.165) is 29.7 Å². The van der Waals surface area contributed by atoms with Gasteiger partial charge in [0.05, 0.1) is 23.8 Å². The number of imidazole rings is 1. The molecule has 226 valence electrons. The molecule has 4 aromatic rings. The average molecular weight is 602 g/mol. The van der Waals surface area contributed by atoms with Crippen LogP contribution in [0.25, 0.3) is 5.69 Å². The van der Waals surface area contributed by atoms with Crippen LogP contribution in [0, 0.1) is 18.8 Å². The lowest BCUT2D eigenvalue weighted by molar-refractivity contribution is -0.137. The fourth-order valence-electron chi connectivity index (χ4n) is 4.76. The van der Waals surface area contributed by atoms with Crippen molar-refractivity contribution >= 4 is 23.4 Å². The first-order chi connectivity index (χ1) is 20.8. The molecule has 0 aliphatic carbocycles. The minimum Gasteiger partial charge on any atom is -0.443 e. The van der Waals surface area contributed by atoms with Gasteiger partial charge in [-0.2, -0.15) is 13.2 Å². The molecule has 0 spiro atoms. The number of carbonyl (C=O) groups is 2. The van der Waals surface area contributed by atoms with Gasteiger partial charge in [0.2, 0.25) is 0 Å². The van der Waals surface area contributed by atoms with Crippen molar-refractivity contribution in [2.45, 2.75) is 52.3 Å². The third kappa shape index (κ3) is 6.92. The van der Waals surface area contributed by atoms with Crippen LogP contribution in [-0.2, 0) is 17.3 Å². The summed E-state index contributed by atoms with van der Waals surface area (Å²) in [6, 6.07) is 8.23. The number of aromatic nitrogens is 3. The van der Waals surface area contributed by atoms with Crippen molar-refractivity contribution in [1.29, 1.82) is 0 Å². The fraction of sp³-hybridized carbons (Fsp3) is 0.273. The van der Waals surface area contributed by atoms with Crippen LogP contribution in [0.3, 0.4) is 0 Å². The zero-order chi connectivity index (χ0) is 31.6. The van der Waals surface area contributed by atoms with E-state index in [1.165, 1.54) is 29.4 Å². The number of aryl methyl sites for hydroxylation is 1. The van der Waals surface area contributed by atoms with Crippen molar-refractivity contribution in [3.05, 3.63) is 101 Å². The van der Waals surface area contributed by atoms with E-state index >= 15 is 0 Å². The Bertz CT molecular complexity index is 1780. The summed E-state index contributed by atoms with van der Waals surface area (Å²) in [5, 5.41) is 2.59. The number of alkyl halides is 3. The van der Waals surface area contributed by atoms with E-state index in [0.29, 0.717) is 29.8 Å². The number of hydrogen-bond acceptors (Lipinski definition) is 5. The van der Waals surface area contributed by atoms with Gasteiger partial charge >= 0.3 is 12.3 Å². The van der Waals surface area contributed by atoms with Crippen molar-refractivity contribution in [2.75, 3.05) is 16.8 Å². The van der Waals surface area contributed by atoms with Crippen LogP contribution >= 0.6 is 0 Å². The van der Waals surface area contributed by atoms with E-state index in [1.54, 1.807) is 35.5 Å². The molecule has 2 aromatic heterocycles. The van der Waals surface area contributed by atoms with Crippen LogP contribution in [-0.4, -0.2) is 38.7 Å².